The highest BCUT2D eigenvalue weighted by molar-refractivity contribution is 5.80. The van der Waals surface area contributed by atoms with E-state index in [-0.39, 0.29) is 0 Å². The summed E-state index contributed by atoms with van der Waals surface area (Å²) in [6, 6.07) is 2.52. The zero-order chi connectivity index (χ0) is 22.0. The molecule has 2 unspecified atom stereocenters. The maximum Gasteiger partial charge on any atom is 0.109 e. The SMILES string of the molecule is CC1=CC(c2c(C)oc(C)c2C)=CC2=C(C=CC(C(CC#N)C3CCCC3)CC2)CC1. The first-order chi connectivity index (χ1) is 15.0. The van der Waals surface area contributed by atoms with Gasteiger partial charge in [-0.3, -0.25) is 0 Å². The standard InChI is InChI=1S/C29H37NO/c1-19-9-10-23-11-12-25(28(15-16-30)24-7-5-6-8-24)13-14-26(23)18-27(17-19)29-20(2)21(3)31-22(29)4/h11-12,17-18,24-25,28H,5-10,13-15H2,1-4H3. The summed E-state index contributed by atoms with van der Waals surface area (Å²) < 4.78 is 5.97. The molecule has 4 rings (SSSR count). The van der Waals surface area contributed by atoms with Crippen molar-refractivity contribution in [3.63, 3.8) is 0 Å². The third-order valence-electron chi connectivity index (χ3n) is 7.96. The van der Waals surface area contributed by atoms with Crippen LogP contribution in [0.15, 0.2) is 45.4 Å². The lowest BCUT2D eigenvalue weighted by molar-refractivity contribution is 0.259. The first-order valence-electron chi connectivity index (χ1n) is 12.2. The molecular weight excluding hydrogens is 378 g/mol. The zero-order valence-corrected chi connectivity index (χ0v) is 19.8. The third kappa shape index (κ3) is 4.67. The van der Waals surface area contributed by atoms with Gasteiger partial charge in [0.15, 0.2) is 0 Å². The molecule has 0 aromatic carbocycles. The van der Waals surface area contributed by atoms with Crippen LogP contribution in [0.2, 0.25) is 0 Å². The Morgan fingerprint density at radius 2 is 1.74 bits per heavy atom. The summed E-state index contributed by atoms with van der Waals surface area (Å²) in [6.45, 7) is 8.58. The zero-order valence-electron chi connectivity index (χ0n) is 19.8. The van der Waals surface area contributed by atoms with Gasteiger partial charge in [0.25, 0.3) is 0 Å². The molecule has 1 aromatic rings. The highest BCUT2D eigenvalue weighted by Crippen LogP contribution is 2.42. The molecule has 2 nitrogen and oxygen atoms in total. The molecule has 0 amide bonds. The van der Waals surface area contributed by atoms with Gasteiger partial charge in [0.05, 0.1) is 6.07 Å². The maximum atomic E-state index is 9.51. The number of furan rings is 1. The first-order valence-corrected chi connectivity index (χ1v) is 12.2. The molecule has 0 radical (unpaired) electrons. The number of nitrogens with zero attached hydrogens (tertiary/aromatic N) is 1. The fourth-order valence-corrected chi connectivity index (χ4v) is 6.11. The van der Waals surface area contributed by atoms with Gasteiger partial charge >= 0.3 is 0 Å². The maximum absolute atomic E-state index is 9.51. The number of aryl methyl sites for hydroxylation is 2. The Labute approximate surface area is 188 Å². The van der Waals surface area contributed by atoms with E-state index in [0.29, 0.717) is 18.3 Å². The highest BCUT2D eigenvalue weighted by Gasteiger charge is 2.31. The normalized spacial score (nSPS) is 23.4. The van der Waals surface area contributed by atoms with Crippen LogP contribution in [0, 0.1) is 49.9 Å². The van der Waals surface area contributed by atoms with E-state index in [0.717, 1.165) is 43.1 Å². The lowest BCUT2D eigenvalue weighted by atomic mass is 9.76. The predicted octanol–water partition coefficient (Wildman–Crippen LogP) is 8.31. The Morgan fingerprint density at radius 1 is 0.968 bits per heavy atom. The van der Waals surface area contributed by atoms with Crippen LogP contribution in [0.5, 0.6) is 0 Å². The molecule has 164 valence electrons. The van der Waals surface area contributed by atoms with Crippen molar-refractivity contribution >= 4 is 5.57 Å². The van der Waals surface area contributed by atoms with Crippen LogP contribution in [0.4, 0.5) is 0 Å². The monoisotopic (exact) mass is 415 g/mol. The van der Waals surface area contributed by atoms with Crippen molar-refractivity contribution in [2.45, 2.75) is 85.5 Å². The summed E-state index contributed by atoms with van der Waals surface area (Å²) in [5, 5.41) is 9.51. The average molecular weight is 416 g/mol. The van der Waals surface area contributed by atoms with Gasteiger partial charge in [-0.1, -0.05) is 55.6 Å². The van der Waals surface area contributed by atoms with E-state index < -0.39 is 0 Å². The lowest BCUT2D eigenvalue weighted by Gasteiger charge is -2.27. The Morgan fingerprint density at radius 3 is 2.42 bits per heavy atom. The van der Waals surface area contributed by atoms with Crippen LogP contribution >= 0.6 is 0 Å². The minimum Gasteiger partial charge on any atom is -0.466 e. The summed E-state index contributed by atoms with van der Waals surface area (Å²) in [7, 11) is 0. The lowest BCUT2D eigenvalue weighted by Crippen LogP contribution is -2.20. The van der Waals surface area contributed by atoms with E-state index in [1.165, 1.54) is 59.1 Å². The van der Waals surface area contributed by atoms with E-state index in [2.05, 4.69) is 58.1 Å². The van der Waals surface area contributed by atoms with Crippen molar-refractivity contribution in [1.82, 2.24) is 0 Å². The Balaban J connectivity index is 1.65. The molecule has 0 saturated heterocycles. The smallest absolute Gasteiger partial charge is 0.109 e. The second-order valence-corrected chi connectivity index (χ2v) is 9.99. The average Bonchev–Trinajstić information content (AvgIpc) is 3.29. The van der Waals surface area contributed by atoms with Crippen LogP contribution in [0.25, 0.3) is 5.57 Å². The van der Waals surface area contributed by atoms with E-state index in [1.807, 2.05) is 0 Å². The molecule has 0 aliphatic heterocycles. The molecule has 2 heteroatoms. The molecule has 31 heavy (non-hydrogen) atoms. The molecule has 3 aliphatic carbocycles. The van der Waals surface area contributed by atoms with Crippen LogP contribution in [0.1, 0.15) is 87.4 Å². The van der Waals surface area contributed by atoms with Gasteiger partial charge in [-0.15, -0.1) is 0 Å². The van der Waals surface area contributed by atoms with Gasteiger partial charge in [0.2, 0.25) is 0 Å². The molecule has 1 fully saturated rings. The fraction of sp³-hybridized carbons (Fsp3) is 0.552. The third-order valence-corrected chi connectivity index (χ3v) is 7.96. The van der Waals surface area contributed by atoms with E-state index in [1.54, 1.807) is 0 Å². The molecule has 1 aromatic heterocycles. The number of allylic oxidation sites excluding steroid dienone is 8. The quantitative estimate of drug-likeness (QED) is 0.496. The molecule has 0 bridgehead atoms. The second-order valence-electron chi connectivity index (χ2n) is 9.99. The molecule has 2 atom stereocenters. The summed E-state index contributed by atoms with van der Waals surface area (Å²) in [5.41, 5.74) is 8.23. The molecule has 1 heterocycles. The number of rotatable bonds is 4. The van der Waals surface area contributed by atoms with E-state index in [4.69, 9.17) is 4.42 Å². The van der Waals surface area contributed by atoms with Gasteiger partial charge in [-0.25, -0.2) is 0 Å². The highest BCUT2D eigenvalue weighted by atomic mass is 16.3. The van der Waals surface area contributed by atoms with Crippen LogP contribution < -0.4 is 0 Å². The van der Waals surface area contributed by atoms with Crippen molar-refractivity contribution in [2.75, 3.05) is 0 Å². The van der Waals surface area contributed by atoms with Gasteiger partial charge in [-0.05, 0) is 93.4 Å². The fourth-order valence-electron chi connectivity index (χ4n) is 6.11. The van der Waals surface area contributed by atoms with Crippen molar-refractivity contribution in [1.29, 1.82) is 5.26 Å². The van der Waals surface area contributed by atoms with Crippen LogP contribution in [0.3, 0.4) is 0 Å². The Bertz CT molecular complexity index is 985. The minimum atomic E-state index is 0.527. The Hall–Kier alpha value is -2.27. The number of hydrogen-bond acceptors (Lipinski definition) is 2. The first kappa shape index (κ1) is 21.9. The van der Waals surface area contributed by atoms with E-state index >= 15 is 0 Å². The molecule has 3 aliphatic rings. The predicted molar refractivity (Wildman–Crippen MR) is 128 cm³/mol. The molecular formula is C29H37NO. The summed E-state index contributed by atoms with van der Waals surface area (Å²) >= 11 is 0. The van der Waals surface area contributed by atoms with Crippen molar-refractivity contribution in [3.8, 4) is 6.07 Å². The van der Waals surface area contributed by atoms with Gasteiger partial charge in [-0.2, -0.15) is 5.26 Å². The minimum absolute atomic E-state index is 0.527. The molecule has 1 saturated carbocycles. The van der Waals surface area contributed by atoms with Crippen LogP contribution in [-0.2, 0) is 0 Å². The van der Waals surface area contributed by atoms with Crippen molar-refractivity contribution < 1.29 is 4.42 Å². The summed E-state index contributed by atoms with van der Waals surface area (Å²) in [4.78, 5) is 0. The second kappa shape index (κ2) is 9.47. The summed E-state index contributed by atoms with van der Waals surface area (Å²) in [5.74, 6) is 3.84. The van der Waals surface area contributed by atoms with Crippen molar-refractivity contribution in [2.24, 2.45) is 17.8 Å². The number of nitriles is 1. The van der Waals surface area contributed by atoms with Gasteiger partial charge < -0.3 is 4.42 Å². The molecule has 0 N–H and O–H groups in total. The van der Waals surface area contributed by atoms with Gasteiger partial charge in [0.1, 0.15) is 11.5 Å². The molecule has 0 spiro atoms. The van der Waals surface area contributed by atoms with Crippen LogP contribution in [-0.4, -0.2) is 0 Å². The van der Waals surface area contributed by atoms with Crippen molar-refractivity contribution in [3.05, 3.63) is 63.7 Å². The van der Waals surface area contributed by atoms with Gasteiger partial charge in [0, 0.05) is 12.0 Å². The largest absolute Gasteiger partial charge is 0.466 e. The Kier molecular flexibility index (Phi) is 6.71. The topological polar surface area (TPSA) is 36.9 Å². The summed E-state index contributed by atoms with van der Waals surface area (Å²) in [6.07, 6.45) is 20.2. The number of hydrogen-bond donors (Lipinski definition) is 0. The van der Waals surface area contributed by atoms with E-state index in [9.17, 15) is 5.26 Å².